The van der Waals surface area contributed by atoms with Crippen molar-refractivity contribution in [1.29, 1.82) is 0 Å². The fraction of sp³-hybridized carbons (Fsp3) is 0.156. The molecule has 9 nitrogen and oxygen atoms in total. The second-order valence-electron chi connectivity index (χ2n) is 9.92. The lowest BCUT2D eigenvalue weighted by atomic mass is 10.0. The highest BCUT2D eigenvalue weighted by molar-refractivity contribution is 7.99. The first-order valence-corrected chi connectivity index (χ1v) is 15.7. The van der Waals surface area contributed by atoms with Crippen molar-refractivity contribution in [2.24, 2.45) is 5.10 Å². The highest BCUT2D eigenvalue weighted by Crippen LogP contribution is 2.35. The maximum Gasteiger partial charge on any atom is 0.253 e. The number of hydrogen-bond acceptors (Lipinski definition) is 8. The zero-order valence-corrected chi connectivity index (χ0v) is 25.5. The number of nitrogens with zero attached hydrogens (tertiary/aromatic N) is 5. The van der Waals surface area contributed by atoms with Crippen LogP contribution < -0.4 is 10.1 Å². The number of thioether (sulfide) groups is 1. The van der Waals surface area contributed by atoms with Crippen LogP contribution in [0.3, 0.4) is 0 Å². The Kier molecular flexibility index (Phi) is 8.98. The van der Waals surface area contributed by atoms with E-state index in [9.17, 15) is 18.4 Å². The molecule has 2 aromatic heterocycles. The van der Waals surface area contributed by atoms with Crippen LogP contribution in [0.2, 0.25) is 0 Å². The minimum absolute atomic E-state index is 0.0257. The summed E-state index contributed by atoms with van der Waals surface area (Å²) >= 11 is 2.70. The Balaban J connectivity index is 1.26. The third-order valence-electron chi connectivity index (χ3n) is 7.07. The van der Waals surface area contributed by atoms with E-state index in [0.717, 1.165) is 34.0 Å². The van der Waals surface area contributed by atoms with Crippen LogP contribution in [0.4, 0.5) is 8.78 Å². The van der Waals surface area contributed by atoms with Crippen molar-refractivity contribution in [3.05, 3.63) is 124 Å². The van der Waals surface area contributed by atoms with E-state index in [2.05, 4.69) is 20.6 Å². The number of nitrogens with one attached hydrogen (secondary N) is 1. The van der Waals surface area contributed by atoms with Gasteiger partial charge in [0, 0.05) is 12.0 Å². The van der Waals surface area contributed by atoms with Gasteiger partial charge in [-0.2, -0.15) is 5.10 Å². The van der Waals surface area contributed by atoms with Crippen molar-refractivity contribution in [2.45, 2.75) is 24.2 Å². The molecule has 0 bridgehead atoms. The summed E-state index contributed by atoms with van der Waals surface area (Å²) in [7, 11) is 1.54. The molecule has 0 saturated heterocycles. The van der Waals surface area contributed by atoms with Gasteiger partial charge in [-0.25, -0.2) is 13.8 Å². The van der Waals surface area contributed by atoms with E-state index < -0.39 is 17.8 Å². The second-order valence-corrected chi connectivity index (χ2v) is 11.8. The van der Waals surface area contributed by atoms with Crippen LogP contribution in [0.5, 0.6) is 5.75 Å². The van der Waals surface area contributed by atoms with Crippen molar-refractivity contribution in [3.8, 4) is 11.4 Å². The first-order valence-electron chi connectivity index (χ1n) is 13.8. The molecule has 1 aliphatic rings. The molecular formula is C32H26F2N6O3S2. The Hall–Kier alpha value is -4.88. The number of ether oxygens (including phenoxy) is 1. The molecule has 5 aromatic rings. The lowest BCUT2D eigenvalue weighted by molar-refractivity contribution is -0.130. The molecule has 1 N–H and O–H groups in total. The van der Waals surface area contributed by atoms with Crippen LogP contribution in [-0.4, -0.2) is 50.2 Å². The topological polar surface area (TPSA) is 102 Å². The molecule has 0 aliphatic carbocycles. The molecule has 0 spiro atoms. The summed E-state index contributed by atoms with van der Waals surface area (Å²) in [6, 6.07) is 22.2. The molecule has 1 unspecified atom stereocenters. The first-order chi connectivity index (χ1) is 21.9. The minimum atomic E-state index is -0.519. The zero-order valence-electron chi connectivity index (χ0n) is 23.9. The van der Waals surface area contributed by atoms with Crippen LogP contribution >= 0.6 is 23.1 Å². The fourth-order valence-electron chi connectivity index (χ4n) is 4.92. The Bertz CT molecular complexity index is 1860. The number of hydrazone groups is 1. The molecular weight excluding hydrogens is 619 g/mol. The molecule has 45 heavy (non-hydrogen) atoms. The summed E-state index contributed by atoms with van der Waals surface area (Å²) in [5.74, 6) is -0.739. The standard InChI is InChI=1S/C32H26F2N6O3S2/c1-43-27-9-3-2-8-25(27)39-29(18-35-31(42)21-6-4-7-23(34)16-21)36-37-32(39)45-19-30(41)40-26(20-11-13-22(33)14-12-20)17-24(38-40)28-10-5-15-44-28/h2-16,26H,17-19H2,1H3,(H,35,42). The molecule has 3 heterocycles. The summed E-state index contributed by atoms with van der Waals surface area (Å²) in [6.45, 7) is -0.0257. The smallest absolute Gasteiger partial charge is 0.253 e. The number of thiophene rings is 1. The van der Waals surface area contributed by atoms with Gasteiger partial charge in [0.1, 0.15) is 17.4 Å². The SMILES string of the molecule is COc1ccccc1-n1c(CNC(=O)c2cccc(F)c2)nnc1SCC(=O)N1N=C(c2cccs2)CC1c1ccc(F)cc1. The van der Waals surface area contributed by atoms with Gasteiger partial charge in [-0.05, 0) is 59.5 Å². The molecule has 13 heteroatoms. The Morgan fingerprint density at radius 1 is 1.00 bits per heavy atom. The van der Waals surface area contributed by atoms with Gasteiger partial charge < -0.3 is 10.1 Å². The van der Waals surface area contributed by atoms with Gasteiger partial charge in [-0.1, -0.05) is 48.2 Å². The second kappa shape index (κ2) is 13.4. The molecule has 1 aliphatic heterocycles. The molecule has 3 aromatic carbocycles. The number of aromatic nitrogens is 3. The maximum absolute atomic E-state index is 13.7. The van der Waals surface area contributed by atoms with E-state index in [1.807, 2.05) is 35.7 Å². The molecule has 6 rings (SSSR count). The molecule has 0 saturated carbocycles. The van der Waals surface area contributed by atoms with Crippen molar-refractivity contribution in [1.82, 2.24) is 25.1 Å². The predicted octanol–water partition coefficient (Wildman–Crippen LogP) is 6.02. The number of carbonyl (C=O) groups excluding carboxylic acids is 2. The number of benzene rings is 3. The summed E-state index contributed by atoms with van der Waals surface area (Å²) in [6.07, 6.45) is 0.495. The van der Waals surface area contributed by atoms with Gasteiger partial charge in [-0.3, -0.25) is 14.2 Å². The number of amides is 2. The average Bonchev–Trinajstić information content (AvgIpc) is 3.83. The summed E-state index contributed by atoms with van der Waals surface area (Å²) in [5, 5.41) is 19.9. The normalized spacial score (nSPS) is 14.3. The minimum Gasteiger partial charge on any atom is -0.495 e. The lowest BCUT2D eigenvalue weighted by Crippen LogP contribution is -2.28. The molecule has 0 fully saturated rings. The van der Waals surface area contributed by atoms with E-state index in [1.54, 1.807) is 22.8 Å². The number of hydrogen-bond donors (Lipinski definition) is 1. The summed E-state index contributed by atoms with van der Waals surface area (Å²) < 4.78 is 34.7. The average molecular weight is 645 g/mol. The predicted molar refractivity (Wildman–Crippen MR) is 168 cm³/mol. The van der Waals surface area contributed by atoms with Crippen LogP contribution in [0, 0.1) is 11.6 Å². The fourth-order valence-corrected chi connectivity index (χ4v) is 6.46. The van der Waals surface area contributed by atoms with Crippen LogP contribution in [0.15, 0.2) is 101 Å². The summed E-state index contributed by atoms with van der Waals surface area (Å²) in [5.41, 5.74) is 2.34. The van der Waals surface area contributed by atoms with E-state index in [4.69, 9.17) is 4.74 Å². The molecule has 1 atom stereocenters. The van der Waals surface area contributed by atoms with Gasteiger partial charge in [0.2, 0.25) is 0 Å². The number of rotatable bonds is 10. The number of halogens is 2. The van der Waals surface area contributed by atoms with Crippen LogP contribution in [0.25, 0.3) is 5.69 Å². The zero-order chi connectivity index (χ0) is 31.3. The quantitative estimate of drug-likeness (QED) is 0.187. The molecule has 228 valence electrons. The van der Waals surface area contributed by atoms with Crippen molar-refractivity contribution in [2.75, 3.05) is 12.9 Å². The number of carbonyl (C=O) groups is 2. The van der Waals surface area contributed by atoms with Crippen LogP contribution in [0.1, 0.15) is 39.1 Å². The Morgan fingerprint density at radius 2 is 1.82 bits per heavy atom. The van der Waals surface area contributed by atoms with Gasteiger partial charge >= 0.3 is 0 Å². The van der Waals surface area contributed by atoms with Crippen molar-refractivity contribution >= 4 is 40.6 Å². The van der Waals surface area contributed by atoms with E-state index in [1.165, 1.54) is 53.8 Å². The van der Waals surface area contributed by atoms with Gasteiger partial charge in [0.25, 0.3) is 11.8 Å². The van der Waals surface area contributed by atoms with Gasteiger partial charge in [0.15, 0.2) is 11.0 Å². The van der Waals surface area contributed by atoms with Crippen molar-refractivity contribution < 1.29 is 23.1 Å². The van der Waals surface area contributed by atoms with Crippen LogP contribution in [-0.2, 0) is 11.3 Å². The molecule has 2 amide bonds. The van der Waals surface area contributed by atoms with Gasteiger partial charge in [-0.15, -0.1) is 21.5 Å². The van der Waals surface area contributed by atoms with Crippen molar-refractivity contribution in [3.63, 3.8) is 0 Å². The summed E-state index contributed by atoms with van der Waals surface area (Å²) in [4.78, 5) is 27.4. The van der Waals surface area contributed by atoms with E-state index in [0.29, 0.717) is 28.8 Å². The highest BCUT2D eigenvalue weighted by Gasteiger charge is 2.34. The Labute approximate surface area is 265 Å². The monoisotopic (exact) mass is 644 g/mol. The van der Waals surface area contributed by atoms with E-state index in [-0.39, 0.29) is 29.6 Å². The van der Waals surface area contributed by atoms with Gasteiger partial charge in [0.05, 0.1) is 41.7 Å². The number of para-hydroxylation sites is 2. The Morgan fingerprint density at radius 3 is 2.58 bits per heavy atom. The largest absolute Gasteiger partial charge is 0.495 e. The number of methoxy groups -OCH3 is 1. The highest BCUT2D eigenvalue weighted by atomic mass is 32.2. The first kappa shape index (κ1) is 30.2. The lowest BCUT2D eigenvalue weighted by Gasteiger charge is -2.22. The molecule has 0 radical (unpaired) electrons. The third-order valence-corrected chi connectivity index (χ3v) is 8.90. The third kappa shape index (κ3) is 6.64. The van der Waals surface area contributed by atoms with E-state index >= 15 is 0 Å². The maximum atomic E-state index is 13.7.